The van der Waals surface area contributed by atoms with Crippen molar-refractivity contribution in [3.8, 4) is 0 Å². The normalized spacial score (nSPS) is 13.8. The molecule has 344 valence electrons. The number of carbonyl (C=O) groups is 1. The average Bonchev–Trinajstić information content (AvgIpc) is 3.18. The first kappa shape index (κ1) is 57.0. The van der Waals surface area contributed by atoms with Crippen LogP contribution in [-0.4, -0.2) is 70.7 Å². The van der Waals surface area contributed by atoms with Crippen molar-refractivity contribution in [2.45, 2.75) is 232 Å². The average molecular weight is 842 g/mol. The SMILES string of the molecule is CCC/C=C\C/C=C\CCCCCCCC(=O)OC(COCCCCCCCCCCCCCCCCCCCCCCCCC)COP(=O)([O-])OCC[N+](C)(C)C. The first-order chi connectivity index (χ1) is 28.1. The predicted molar refractivity (Wildman–Crippen MR) is 245 cm³/mol. The summed E-state index contributed by atoms with van der Waals surface area (Å²) in [6.07, 6.45) is 49.2. The van der Waals surface area contributed by atoms with Gasteiger partial charge in [-0.2, -0.15) is 0 Å². The van der Waals surface area contributed by atoms with Crippen LogP contribution in [0.3, 0.4) is 0 Å². The number of carbonyl (C=O) groups excluding carboxylic acids is 1. The maximum atomic E-state index is 12.7. The zero-order chi connectivity index (χ0) is 42.7. The minimum atomic E-state index is -4.53. The predicted octanol–water partition coefficient (Wildman–Crippen LogP) is 14.1. The van der Waals surface area contributed by atoms with E-state index in [4.69, 9.17) is 18.5 Å². The summed E-state index contributed by atoms with van der Waals surface area (Å²) >= 11 is 0. The van der Waals surface area contributed by atoms with Crippen LogP contribution < -0.4 is 4.89 Å². The van der Waals surface area contributed by atoms with E-state index >= 15 is 0 Å². The van der Waals surface area contributed by atoms with Crippen LogP contribution in [0.2, 0.25) is 0 Å². The Hall–Kier alpha value is -1.02. The van der Waals surface area contributed by atoms with Gasteiger partial charge in [0.05, 0.1) is 34.4 Å². The van der Waals surface area contributed by atoms with E-state index < -0.39 is 13.9 Å². The molecule has 2 atom stereocenters. The number of ether oxygens (including phenoxy) is 2. The third kappa shape index (κ3) is 46.1. The van der Waals surface area contributed by atoms with Crippen molar-refractivity contribution in [2.24, 2.45) is 0 Å². The highest BCUT2D eigenvalue weighted by Crippen LogP contribution is 2.38. The molecule has 0 radical (unpaired) electrons. The highest BCUT2D eigenvalue weighted by Gasteiger charge is 2.20. The van der Waals surface area contributed by atoms with Crippen LogP contribution in [0.1, 0.15) is 226 Å². The third-order valence-corrected chi connectivity index (χ3v) is 11.7. The summed E-state index contributed by atoms with van der Waals surface area (Å²) in [5, 5.41) is 0. The molecule has 0 aromatic rings. The maximum absolute atomic E-state index is 12.7. The molecule has 0 rings (SSSR count). The lowest BCUT2D eigenvalue weighted by Gasteiger charge is -2.28. The number of nitrogens with zero attached hydrogens (tertiary/aromatic N) is 1. The first-order valence-electron chi connectivity index (χ1n) is 24.6. The minimum Gasteiger partial charge on any atom is -0.756 e. The lowest BCUT2D eigenvalue weighted by Crippen LogP contribution is -2.37. The van der Waals surface area contributed by atoms with Gasteiger partial charge in [-0.05, 0) is 38.5 Å². The Kier molecular flexibility index (Phi) is 41.9. The molecule has 0 amide bonds. The van der Waals surface area contributed by atoms with E-state index in [2.05, 4.69) is 38.2 Å². The van der Waals surface area contributed by atoms with Crippen molar-refractivity contribution in [1.82, 2.24) is 0 Å². The fraction of sp³-hybridized carbons (Fsp3) is 0.898. The van der Waals surface area contributed by atoms with E-state index in [0.717, 1.165) is 64.2 Å². The number of phosphoric acid groups is 1. The van der Waals surface area contributed by atoms with Gasteiger partial charge in [-0.25, -0.2) is 0 Å². The Morgan fingerprint density at radius 1 is 0.534 bits per heavy atom. The highest BCUT2D eigenvalue weighted by molar-refractivity contribution is 7.45. The van der Waals surface area contributed by atoms with Gasteiger partial charge in [0.2, 0.25) is 0 Å². The van der Waals surface area contributed by atoms with Crippen molar-refractivity contribution in [2.75, 3.05) is 54.1 Å². The number of allylic oxidation sites excluding steroid dienone is 4. The maximum Gasteiger partial charge on any atom is 0.306 e. The van der Waals surface area contributed by atoms with Crippen LogP contribution in [0.15, 0.2) is 24.3 Å². The fourth-order valence-corrected chi connectivity index (χ4v) is 7.67. The van der Waals surface area contributed by atoms with Crippen molar-refractivity contribution in [3.63, 3.8) is 0 Å². The van der Waals surface area contributed by atoms with Crippen molar-refractivity contribution in [3.05, 3.63) is 24.3 Å². The van der Waals surface area contributed by atoms with Gasteiger partial charge in [0, 0.05) is 13.0 Å². The molecule has 0 aliphatic heterocycles. The Bertz CT molecular complexity index is 983. The van der Waals surface area contributed by atoms with E-state index in [1.54, 1.807) is 0 Å². The Labute approximate surface area is 360 Å². The van der Waals surface area contributed by atoms with Gasteiger partial charge >= 0.3 is 5.97 Å². The molecule has 0 aliphatic carbocycles. The molecule has 0 N–H and O–H groups in total. The number of unbranched alkanes of at least 4 members (excludes halogenated alkanes) is 28. The number of hydrogen-bond acceptors (Lipinski definition) is 7. The van der Waals surface area contributed by atoms with E-state index in [1.165, 1.54) is 141 Å². The minimum absolute atomic E-state index is 0.0252. The standard InChI is InChI=1S/C49H96NO7P/c1-6-8-10-12-14-16-18-20-21-22-23-24-25-26-27-28-29-31-33-35-37-39-41-44-54-46-48(47-56-58(52,53)55-45-43-50(3,4)5)57-49(51)42-40-38-36-34-32-30-19-17-15-13-11-9-7-2/h11,13,17,19,48H,6-10,12,14-16,18,20-47H2,1-5H3/b13-11-,19-17-. The monoisotopic (exact) mass is 842 g/mol. The topological polar surface area (TPSA) is 94.1 Å². The summed E-state index contributed by atoms with van der Waals surface area (Å²) in [7, 11) is 1.36. The number of hydrogen-bond donors (Lipinski definition) is 0. The molecule has 0 spiro atoms. The second kappa shape index (κ2) is 42.7. The summed E-state index contributed by atoms with van der Waals surface area (Å²) in [5.41, 5.74) is 0. The molecule has 0 aliphatic rings. The largest absolute Gasteiger partial charge is 0.756 e. The van der Waals surface area contributed by atoms with Gasteiger partial charge in [0.1, 0.15) is 19.3 Å². The second-order valence-corrected chi connectivity index (χ2v) is 19.2. The van der Waals surface area contributed by atoms with Crippen LogP contribution in [0.5, 0.6) is 0 Å². The van der Waals surface area contributed by atoms with Crippen LogP contribution in [0.4, 0.5) is 0 Å². The molecule has 0 heterocycles. The van der Waals surface area contributed by atoms with Gasteiger partial charge in [0.15, 0.2) is 0 Å². The molecule has 0 fully saturated rings. The number of quaternary nitrogens is 1. The second-order valence-electron chi connectivity index (χ2n) is 17.8. The number of esters is 1. The summed E-state index contributed by atoms with van der Waals surface area (Å²) < 4.78 is 34.7. The molecule has 9 heteroatoms. The molecule has 0 saturated heterocycles. The van der Waals surface area contributed by atoms with Crippen LogP contribution in [-0.2, 0) is 27.9 Å². The zero-order valence-electron chi connectivity index (χ0n) is 39.0. The number of likely N-dealkylation sites (N-methyl/N-ethyl adjacent to an activating group) is 1. The Balaban J connectivity index is 4.07. The van der Waals surface area contributed by atoms with Crippen LogP contribution >= 0.6 is 7.82 Å². The van der Waals surface area contributed by atoms with Crippen molar-refractivity contribution in [1.29, 1.82) is 0 Å². The van der Waals surface area contributed by atoms with E-state index in [0.29, 0.717) is 24.1 Å². The van der Waals surface area contributed by atoms with Gasteiger partial charge in [-0.3, -0.25) is 9.36 Å². The molecule has 0 aromatic heterocycles. The third-order valence-electron chi connectivity index (χ3n) is 10.7. The number of phosphoric ester groups is 1. The van der Waals surface area contributed by atoms with Gasteiger partial charge in [0.25, 0.3) is 7.82 Å². The highest BCUT2D eigenvalue weighted by atomic mass is 31.2. The summed E-state index contributed by atoms with van der Waals surface area (Å²) in [5.74, 6) is -0.345. The summed E-state index contributed by atoms with van der Waals surface area (Å²) in [6, 6.07) is 0. The summed E-state index contributed by atoms with van der Waals surface area (Å²) in [6.45, 7) is 5.37. The van der Waals surface area contributed by atoms with E-state index in [-0.39, 0.29) is 25.8 Å². The Morgan fingerprint density at radius 3 is 1.47 bits per heavy atom. The fourth-order valence-electron chi connectivity index (χ4n) is 6.94. The molecule has 2 unspecified atom stereocenters. The van der Waals surface area contributed by atoms with Crippen LogP contribution in [0.25, 0.3) is 0 Å². The van der Waals surface area contributed by atoms with Crippen molar-refractivity contribution < 1.29 is 37.3 Å². The molecule has 0 aromatic carbocycles. The lowest BCUT2D eigenvalue weighted by molar-refractivity contribution is -0.870. The summed E-state index contributed by atoms with van der Waals surface area (Å²) in [4.78, 5) is 25.1. The molecule has 58 heavy (non-hydrogen) atoms. The Morgan fingerprint density at radius 2 is 0.983 bits per heavy atom. The molecule has 0 saturated carbocycles. The van der Waals surface area contributed by atoms with Gasteiger partial charge < -0.3 is 27.9 Å². The smallest absolute Gasteiger partial charge is 0.306 e. The quantitative estimate of drug-likeness (QED) is 0.0198. The van der Waals surface area contributed by atoms with Crippen LogP contribution in [0, 0.1) is 0 Å². The molecule has 8 nitrogen and oxygen atoms in total. The molecular weight excluding hydrogens is 746 g/mol. The lowest BCUT2D eigenvalue weighted by atomic mass is 10.0. The van der Waals surface area contributed by atoms with Gasteiger partial charge in [-0.1, -0.05) is 205 Å². The zero-order valence-corrected chi connectivity index (χ0v) is 39.9. The first-order valence-corrected chi connectivity index (χ1v) is 26.0. The van der Waals surface area contributed by atoms with Crippen molar-refractivity contribution >= 4 is 13.8 Å². The van der Waals surface area contributed by atoms with E-state index in [1.807, 2.05) is 21.1 Å². The van der Waals surface area contributed by atoms with E-state index in [9.17, 15) is 14.3 Å². The van der Waals surface area contributed by atoms with Gasteiger partial charge in [-0.15, -0.1) is 0 Å². The molecular formula is C49H96NO7P. The number of rotatable bonds is 46. The molecule has 0 bridgehead atoms.